The van der Waals surface area contributed by atoms with Crippen LogP contribution < -0.4 is 14.2 Å². The number of benzene rings is 2. The van der Waals surface area contributed by atoms with Crippen molar-refractivity contribution in [3.05, 3.63) is 71.1 Å². The van der Waals surface area contributed by atoms with Gasteiger partial charge in [0.15, 0.2) is 11.5 Å². The van der Waals surface area contributed by atoms with Crippen LogP contribution >= 0.6 is 0 Å². The molecule has 200 valence electrons. The fourth-order valence-electron chi connectivity index (χ4n) is 4.64. The van der Waals surface area contributed by atoms with E-state index in [1.54, 1.807) is 23.7 Å². The summed E-state index contributed by atoms with van der Waals surface area (Å²) in [7, 11) is 8.24. The number of aliphatic hydroxyl groups is 1. The predicted octanol–water partition coefficient (Wildman–Crippen LogP) is 3.19. The summed E-state index contributed by atoms with van der Waals surface area (Å²) >= 11 is 0. The topological polar surface area (TPSA) is 106 Å². The Balaban J connectivity index is 1.92. The summed E-state index contributed by atoms with van der Waals surface area (Å²) in [5, 5.41) is 16.0. The number of nitrogens with zero attached hydrogens (tertiary/aromatic N) is 4. The van der Waals surface area contributed by atoms with Crippen LogP contribution in [0, 0.1) is 6.92 Å². The number of hydrogen-bond donors (Lipinski definition) is 1. The number of likely N-dealkylation sites (tertiary alicyclic amines) is 1. The first kappa shape index (κ1) is 26.7. The zero-order chi connectivity index (χ0) is 27.6. The summed E-state index contributed by atoms with van der Waals surface area (Å²) in [5.41, 5.74) is 2.29. The second kappa shape index (κ2) is 11.0. The first-order chi connectivity index (χ1) is 18.2. The minimum absolute atomic E-state index is 0.0289. The third-order valence-electron chi connectivity index (χ3n) is 6.60. The third kappa shape index (κ3) is 4.70. The Hall–Kier alpha value is -4.31. The largest absolute Gasteiger partial charge is 0.507 e. The van der Waals surface area contributed by atoms with Crippen LogP contribution in [0.3, 0.4) is 0 Å². The number of amides is 1. The Morgan fingerprint density at radius 2 is 1.66 bits per heavy atom. The van der Waals surface area contributed by atoms with Gasteiger partial charge in [-0.25, -0.2) is 4.68 Å². The molecule has 1 N–H and O–H groups in total. The van der Waals surface area contributed by atoms with Crippen LogP contribution in [0.5, 0.6) is 17.2 Å². The number of aromatic nitrogens is 2. The number of likely N-dealkylation sites (N-methyl/N-ethyl adjacent to an activating group) is 1. The van der Waals surface area contributed by atoms with Crippen molar-refractivity contribution in [3.8, 4) is 22.9 Å². The van der Waals surface area contributed by atoms with Gasteiger partial charge in [0.1, 0.15) is 5.76 Å². The molecular weight excluding hydrogens is 488 g/mol. The number of ether oxygens (including phenoxy) is 3. The number of Topliss-reactive ketones (excluding diaryl/α,β-unsaturated/α-hetero) is 1. The average molecular weight is 521 g/mol. The van der Waals surface area contributed by atoms with Crippen LogP contribution in [0.15, 0.2) is 54.2 Å². The van der Waals surface area contributed by atoms with Gasteiger partial charge < -0.3 is 29.1 Å². The highest BCUT2D eigenvalue weighted by atomic mass is 16.5. The fraction of sp³-hybridized carbons (Fsp3) is 0.321. The smallest absolute Gasteiger partial charge is 0.295 e. The van der Waals surface area contributed by atoms with E-state index in [1.807, 2.05) is 49.3 Å². The molecule has 1 fully saturated rings. The molecule has 2 aromatic carbocycles. The Bertz CT molecular complexity index is 1350. The van der Waals surface area contributed by atoms with Crippen LogP contribution in [0.1, 0.15) is 22.9 Å². The molecule has 1 aliphatic heterocycles. The summed E-state index contributed by atoms with van der Waals surface area (Å²) in [4.78, 5) is 30.1. The van der Waals surface area contributed by atoms with Crippen molar-refractivity contribution in [1.82, 2.24) is 19.6 Å². The number of methoxy groups -OCH3 is 3. The van der Waals surface area contributed by atoms with Gasteiger partial charge >= 0.3 is 0 Å². The summed E-state index contributed by atoms with van der Waals surface area (Å²) in [6.45, 7) is 2.57. The number of hydrogen-bond acceptors (Lipinski definition) is 8. The SMILES string of the molecule is COc1cc(C2/C(=C(/O)c3cnn(-c4ccccc4)c3C)C(=O)C(=O)N2CCN(C)C)cc(OC)c1OC. The molecule has 1 saturated heterocycles. The van der Waals surface area contributed by atoms with Crippen LogP contribution in [-0.2, 0) is 9.59 Å². The molecule has 0 radical (unpaired) electrons. The van der Waals surface area contributed by atoms with Gasteiger partial charge in [0, 0.05) is 13.1 Å². The van der Waals surface area contributed by atoms with Crippen LogP contribution in [0.4, 0.5) is 0 Å². The maximum absolute atomic E-state index is 13.4. The third-order valence-corrected chi connectivity index (χ3v) is 6.60. The Morgan fingerprint density at radius 3 is 2.21 bits per heavy atom. The number of carbonyl (C=O) groups excluding carboxylic acids is 2. The van der Waals surface area contributed by atoms with Gasteiger partial charge in [0.25, 0.3) is 11.7 Å². The van der Waals surface area contributed by atoms with Crippen molar-refractivity contribution in [1.29, 1.82) is 0 Å². The van der Waals surface area contributed by atoms with E-state index < -0.39 is 17.7 Å². The lowest BCUT2D eigenvalue weighted by Crippen LogP contribution is -2.35. The molecule has 0 bridgehead atoms. The normalized spacial score (nSPS) is 16.8. The second-order valence-electron chi connectivity index (χ2n) is 9.15. The molecule has 10 heteroatoms. The quantitative estimate of drug-likeness (QED) is 0.261. The van der Waals surface area contributed by atoms with E-state index in [0.717, 1.165) is 5.69 Å². The minimum Gasteiger partial charge on any atom is -0.507 e. The van der Waals surface area contributed by atoms with Gasteiger partial charge in [-0.3, -0.25) is 9.59 Å². The van der Waals surface area contributed by atoms with E-state index in [9.17, 15) is 14.7 Å². The van der Waals surface area contributed by atoms with Gasteiger partial charge in [-0.1, -0.05) is 18.2 Å². The van der Waals surface area contributed by atoms with E-state index in [0.29, 0.717) is 40.6 Å². The molecule has 1 unspecified atom stereocenters. The van der Waals surface area contributed by atoms with Gasteiger partial charge in [-0.2, -0.15) is 5.10 Å². The van der Waals surface area contributed by atoms with Crippen LogP contribution in [-0.4, -0.2) is 84.9 Å². The van der Waals surface area contributed by atoms with Gasteiger partial charge in [0.05, 0.1) is 56.1 Å². The molecule has 10 nitrogen and oxygen atoms in total. The Morgan fingerprint density at radius 1 is 1.03 bits per heavy atom. The lowest BCUT2D eigenvalue weighted by atomic mass is 9.94. The van der Waals surface area contributed by atoms with E-state index >= 15 is 0 Å². The number of aliphatic hydroxyl groups excluding tert-OH is 1. The molecule has 3 aromatic rings. The molecule has 2 heterocycles. The van der Waals surface area contributed by atoms with Gasteiger partial charge in [0.2, 0.25) is 5.75 Å². The van der Waals surface area contributed by atoms with Crippen molar-refractivity contribution in [3.63, 3.8) is 0 Å². The summed E-state index contributed by atoms with van der Waals surface area (Å²) in [6, 6.07) is 11.9. The van der Waals surface area contributed by atoms with Crippen molar-refractivity contribution in [2.75, 3.05) is 48.5 Å². The standard InChI is InChI=1S/C28H32N4O6/c1-17-20(16-29-32(17)19-10-8-7-9-11-19)25(33)23-24(31(13-12-30(2)3)28(35)26(23)34)18-14-21(36-4)27(38-6)22(15-18)37-5/h7-11,14-16,24,33H,12-13H2,1-6H3/b25-23-. The lowest BCUT2D eigenvalue weighted by Gasteiger charge is -2.27. The number of para-hydroxylation sites is 1. The van der Waals surface area contributed by atoms with Crippen molar-refractivity contribution in [2.24, 2.45) is 0 Å². The molecule has 1 atom stereocenters. The van der Waals surface area contributed by atoms with Crippen LogP contribution in [0.2, 0.25) is 0 Å². The zero-order valence-electron chi connectivity index (χ0n) is 22.4. The highest BCUT2D eigenvalue weighted by Crippen LogP contribution is 2.45. The number of carbonyl (C=O) groups is 2. The molecule has 0 aliphatic carbocycles. The monoisotopic (exact) mass is 520 g/mol. The van der Waals surface area contributed by atoms with E-state index in [1.165, 1.54) is 32.4 Å². The maximum atomic E-state index is 13.4. The van der Waals surface area contributed by atoms with Gasteiger partial charge in [-0.05, 0) is 50.8 Å². The van der Waals surface area contributed by atoms with Gasteiger partial charge in [-0.15, -0.1) is 0 Å². The Kier molecular flexibility index (Phi) is 7.72. The molecule has 1 amide bonds. The maximum Gasteiger partial charge on any atom is 0.295 e. The lowest BCUT2D eigenvalue weighted by molar-refractivity contribution is -0.140. The molecular formula is C28H32N4O6. The number of rotatable bonds is 9. The molecule has 0 spiro atoms. The van der Waals surface area contributed by atoms with Crippen molar-refractivity contribution in [2.45, 2.75) is 13.0 Å². The molecule has 1 aliphatic rings. The number of ketones is 1. The second-order valence-corrected chi connectivity index (χ2v) is 9.15. The first-order valence-corrected chi connectivity index (χ1v) is 12.1. The average Bonchev–Trinajstić information content (AvgIpc) is 3.43. The molecule has 1 aromatic heterocycles. The fourth-order valence-corrected chi connectivity index (χ4v) is 4.64. The predicted molar refractivity (Wildman–Crippen MR) is 142 cm³/mol. The minimum atomic E-state index is -0.886. The van der Waals surface area contributed by atoms with E-state index in [-0.39, 0.29) is 17.9 Å². The van der Waals surface area contributed by atoms with E-state index in [2.05, 4.69) is 5.10 Å². The zero-order valence-corrected chi connectivity index (χ0v) is 22.4. The van der Waals surface area contributed by atoms with E-state index in [4.69, 9.17) is 14.2 Å². The Labute approximate surface area is 221 Å². The summed E-state index contributed by atoms with van der Waals surface area (Å²) in [6.07, 6.45) is 1.50. The molecule has 38 heavy (non-hydrogen) atoms. The highest BCUT2D eigenvalue weighted by molar-refractivity contribution is 6.46. The summed E-state index contributed by atoms with van der Waals surface area (Å²) < 4.78 is 18.2. The van der Waals surface area contributed by atoms with Crippen molar-refractivity contribution >= 4 is 17.4 Å². The molecule has 0 saturated carbocycles. The van der Waals surface area contributed by atoms with Crippen molar-refractivity contribution < 1.29 is 28.9 Å². The first-order valence-electron chi connectivity index (χ1n) is 12.1. The van der Waals surface area contributed by atoms with Crippen LogP contribution in [0.25, 0.3) is 11.4 Å². The summed E-state index contributed by atoms with van der Waals surface area (Å²) in [5.74, 6) is -0.647. The highest BCUT2D eigenvalue weighted by Gasteiger charge is 2.46. The molecule has 4 rings (SSSR count).